The number of fused-ring (bicyclic) bond motifs is 10. The predicted octanol–water partition coefficient (Wildman–Crippen LogP) is 9.32. The van der Waals surface area contributed by atoms with Crippen LogP contribution in [0.3, 0.4) is 0 Å². The number of carboxylic acids is 1. The van der Waals surface area contributed by atoms with E-state index in [0.29, 0.717) is 66.7 Å². The molecule has 2 saturated heterocycles. The highest BCUT2D eigenvalue weighted by Gasteiger charge is 2.30. The molecule has 0 saturated carbocycles. The molecule has 0 radical (unpaired) electrons. The Bertz CT molecular complexity index is 3530. The van der Waals surface area contributed by atoms with Crippen molar-refractivity contribution in [1.29, 1.82) is 0 Å². The number of carbonyl (C=O) groups is 4. The summed E-state index contributed by atoms with van der Waals surface area (Å²) in [5.41, 5.74) is 6.77. The van der Waals surface area contributed by atoms with Gasteiger partial charge in [-0.2, -0.15) is 0 Å². The SMILES string of the molecule is CC(C)(C)OC(=O)N1CCN(C(=O)c2ccc(-c3nnc4n3-c3cccnc3Nc3ccccc3-4)cc2)CC1.CC(C)(C)OC(=O)N1CCNCC1.O=C(O)c1ccc(-c2nnc3n2-c2cccnc2Nc2ccccc2-3)cc1. The molecule has 0 atom stereocenters. The van der Waals surface area contributed by atoms with Crippen molar-refractivity contribution in [1.82, 2.24) is 59.5 Å². The van der Waals surface area contributed by atoms with Gasteiger partial charge in [0, 0.05) is 92.6 Å². The van der Waals surface area contributed by atoms with E-state index in [1.165, 1.54) is 0 Å². The number of anilines is 4. The van der Waals surface area contributed by atoms with E-state index < -0.39 is 11.6 Å². The fourth-order valence-corrected chi connectivity index (χ4v) is 9.22. The van der Waals surface area contributed by atoms with Gasteiger partial charge in [-0.15, -0.1) is 20.4 Å². The van der Waals surface area contributed by atoms with Crippen LogP contribution in [0.2, 0.25) is 0 Å². The third-order valence-corrected chi connectivity index (χ3v) is 13.0. The smallest absolute Gasteiger partial charge is 0.410 e. The number of pyridine rings is 2. The molecule has 79 heavy (non-hydrogen) atoms. The number of piperazine rings is 2. The highest BCUT2D eigenvalue weighted by Crippen LogP contribution is 2.41. The molecule has 21 heteroatoms. The van der Waals surface area contributed by atoms with Crippen LogP contribution in [0.15, 0.2) is 134 Å². The number of carbonyl (C=O) groups excluding carboxylic acids is 3. The Balaban J connectivity index is 0.000000151. The first kappa shape index (κ1) is 52.9. The molecule has 0 spiro atoms. The summed E-state index contributed by atoms with van der Waals surface area (Å²) < 4.78 is 14.6. The van der Waals surface area contributed by atoms with Gasteiger partial charge < -0.3 is 45.2 Å². The molecule has 4 aromatic carbocycles. The van der Waals surface area contributed by atoms with Crippen molar-refractivity contribution >= 4 is 47.1 Å². The van der Waals surface area contributed by atoms with Crippen LogP contribution in [0.25, 0.3) is 56.9 Å². The molecule has 4 aliphatic heterocycles. The van der Waals surface area contributed by atoms with E-state index in [2.05, 4.69) is 46.3 Å². The number of hydrogen-bond donors (Lipinski definition) is 4. The van der Waals surface area contributed by atoms with E-state index >= 15 is 0 Å². The number of para-hydroxylation sites is 2. The minimum atomic E-state index is -0.964. The first-order valence-corrected chi connectivity index (χ1v) is 25.9. The Kier molecular flexibility index (Phi) is 14.9. The van der Waals surface area contributed by atoms with E-state index in [9.17, 15) is 19.2 Å². The first-order valence-electron chi connectivity index (χ1n) is 25.9. The average molecular weight is 1070 g/mol. The second-order valence-electron chi connectivity index (χ2n) is 20.9. The summed E-state index contributed by atoms with van der Waals surface area (Å²) in [5.74, 6) is 3.06. The molecule has 21 nitrogen and oxygen atoms in total. The molecule has 12 rings (SSSR count). The molecule has 4 aliphatic rings. The van der Waals surface area contributed by atoms with Crippen molar-refractivity contribution in [3.05, 3.63) is 145 Å². The quantitative estimate of drug-likeness (QED) is 0.128. The zero-order valence-electron chi connectivity index (χ0n) is 44.7. The molecule has 4 aromatic heterocycles. The number of hydrogen-bond acceptors (Lipinski definition) is 15. The summed E-state index contributed by atoms with van der Waals surface area (Å²) in [5, 5.41) is 37.0. The zero-order valence-corrected chi connectivity index (χ0v) is 44.7. The van der Waals surface area contributed by atoms with E-state index in [1.54, 1.807) is 51.4 Å². The zero-order chi connectivity index (χ0) is 55.4. The number of ether oxygens (including phenoxy) is 2. The molecule has 2 fully saturated rings. The fourth-order valence-electron chi connectivity index (χ4n) is 9.22. The van der Waals surface area contributed by atoms with Crippen LogP contribution in [-0.2, 0) is 9.47 Å². The number of aromatic nitrogens is 8. The second kappa shape index (κ2) is 22.2. The van der Waals surface area contributed by atoms with Crippen LogP contribution in [0, 0.1) is 0 Å². The highest BCUT2D eigenvalue weighted by atomic mass is 16.6. The van der Waals surface area contributed by atoms with Gasteiger partial charge in [0.1, 0.15) is 11.2 Å². The van der Waals surface area contributed by atoms with Gasteiger partial charge in [-0.3, -0.25) is 13.9 Å². The topological polar surface area (TPSA) is 240 Å². The lowest BCUT2D eigenvalue weighted by Gasteiger charge is -2.35. The Morgan fingerprint density at radius 3 is 1.33 bits per heavy atom. The number of rotatable bonds is 4. The average Bonchev–Trinajstić information content (AvgIpc) is 4.15. The fraction of sp³-hybridized carbons (Fsp3) is 0.276. The lowest BCUT2D eigenvalue weighted by Crippen LogP contribution is -2.51. The molecule has 3 amide bonds. The van der Waals surface area contributed by atoms with Crippen LogP contribution in [0.1, 0.15) is 62.3 Å². The Labute approximate surface area is 456 Å². The van der Waals surface area contributed by atoms with Crippen LogP contribution >= 0.6 is 0 Å². The first-order chi connectivity index (χ1) is 38.0. The number of benzene rings is 4. The van der Waals surface area contributed by atoms with Gasteiger partial charge in [0.05, 0.1) is 28.3 Å². The largest absolute Gasteiger partial charge is 0.478 e. The van der Waals surface area contributed by atoms with Crippen molar-refractivity contribution in [3.63, 3.8) is 0 Å². The van der Waals surface area contributed by atoms with Crippen molar-refractivity contribution in [3.8, 4) is 56.9 Å². The minimum absolute atomic E-state index is 0.0712. The predicted molar refractivity (Wildman–Crippen MR) is 298 cm³/mol. The lowest BCUT2D eigenvalue weighted by atomic mass is 10.1. The molecule has 0 bridgehead atoms. The number of nitrogens with one attached hydrogen (secondary N) is 3. The number of aromatic carboxylic acids is 1. The van der Waals surface area contributed by atoms with Gasteiger partial charge >= 0.3 is 18.2 Å². The van der Waals surface area contributed by atoms with Gasteiger partial charge in [-0.25, -0.2) is 24.4 Å². The molecule has 8 aromatic rings. The summed E-state index contributed by atoms with van der Waals surface area (Å²) in [4.78, 5) is 62.4. The molecular weight excluding hydrogens is 1000 g/mol. The van der Waals surface area contributed by atoms with Crippen molar-refractivity contribution in [2.24, 2.45) is 0 Å². The van der Waals surface area contributed by atoms with Crippen molar-refractivity contribution < 1.29 is 33.8 Å². The summed E-state index contributed by atoms with van der Waals surface area (Å²) in [6.07, 6.45) is 2.93. The maximum atomic E-state index is 13.2. The van der Waals surface area contributed by atoms with Gasteiger partial charge in [-0.1, -0.05) is 48.5 Å². The van der Waals surface area contributed by atoms with Crippen LogP contribution in [-0.4, -0.2) is 147 Å². The summed E-state index contributed by atoms with van der Waals surface area (Å²) in [7, 11) is 0. The maximum absolute atomic E-state index is 13.2. The van der Waals surface area contributed by atoms with Crippen LogP contribution < -0.4 is 16.0 Å². The standard InChI is InChI=1S/C29H29N7O3.C20H13N5O2.C9H18N2O2/c1-29(2,3)39-28(38)35-17-15-34(16-18-35)27(37)20-12-10-19(11-13-20)25-32-33-26-21-7-4-5-8-22(21)31-24-23(36(25)26)9-6-14-30-24;26-20(27)13-9-7-12(8-10-13)18-23-24-19-14-4-1-2-5-15(14)22-17-16(25(18)19)6-3-11-21-17;1-9(2,3)13-8(12)11-6-4-10-5-7-11/h4-14H,15-18H2,1-3H3,(H,30,31);1-11H,(H,21,22)(H,26,27);10H,4-7H2,1-3H3. The van der Waals surface area contributed by atoms with E-state index in [1.807, 2.05) is 148 Å². The van der Waals surface area contributed by atoms with E-state index in [0.717, 1.165) is 71.2 Å². The highest BCUT2D eigenvalue weighted by molar-refractivity contribution is 5.95. The van der Waals surface area contributed by atoms with Gasteiger partial charge in [0.25, 0.3) is 5.91 Å². The van der Waals surface area contributed by atoms with Gasteiger partial charge in [0.15, 0.2) is 34.9 Å². The third-order valence-electron chi connectivity index (χ3n) is 13.0. The van der Waals surface area contributed by atoms with E-state index in [4.69, 9.17) is 14.6 Å². The van der Waals surface area contributed by atoms with Crippen molar-refractivity contribution in [2.45, 2.75) is 52.7 Å². The summed E-state index contributed by atoms with van der Waals surface area (Å²) >= 11 is 0. The van der Waals surface area contributed by atoms with Crippen LogP contribution in [0.4, 0.5) is 32.6 Å². The Hall–Kier alpha value is -9.50. The molecule has 8 heterocycles. The Morgan fingerprint density at radius 1 is 0.481 bits per heavy atom. The molecule has 404 valence electrons. The van der Waals surface area contributed by atoms with Crippen molar-refractivity contribution in [2.75, 3.05) is 63.0 Å². The summed E-state index contributed by atoms with van der Waals surface area (Å²) in [6, 6.07) is 37.5. The maximum Gasteiger partial charge on any atom is 0.410 e. The van der Waals surface area contributed by atoms with Gasteiger partial charge in [0.2, 0.25) is 0 Å². The normalized spacial score (nSPS) is 14.1. The van der Waals surface area contributed by atoms with Gasteiger partial charge in [-0.05, 0) is 114 Å². The summed E-state index contributed by atoms with van der Waals surface area (Å²) in [6.45, 7) is 16.2. The molecule has 0 unspecified atom stereocenters. The molecule has 4 N–H and O–H groups in total. The van der Waals surface area contributed by atoms with E-state index in [-0.39, 0.29) is 29.3 Å². The Morgan fingerprint density at radius 2 is 0.886 bits per heavy atom. The minimum Gasteiger partial charge on any atom is -0.478 e. The van der Waals surface area contributed by atoms with Crippen LogP contribution in [0.5, 0.6) is 0 Å². The third kappa shape index (κ3) is 11.8. The lowest BCUT2D eigenvalue weighted by molar-refractivity contribution is 0.0140. The number of carboxylic acid groups (broad SMARTS) is 1. The number of nitrogens with zero attached hydrogens (tertiary/aromatic N) is 11. The number of amides is 3. The monoisotopic (exact) mass is 1060 g/mol. The molecule has 0 aliphatic carbocycles. The molecular formula is C58H60N14O7. The second-order valence-corrected chi connectivity index (χ2v) is 20.9.